The molecule has 0 aliphatic carbocycles. The van der Waals surface area contributed by atoms with E-state index >= 15 is 0 Å². The van der Waals surface area contributed by atoms with Crippen molar-refractivity contribution in [3.63, 3.8) is 0 Å². The molecule has 1 rings (SSSR count). The summed E-state index contributed by atoms with van der Waals surface area (Å²) in [4.78, 5) is 4.53. The zero-order valence-corrected chi connectivity index (χ0v) is 11.3. The van der Waals surface area contributed by atoms with Crippen LogP contribution in [0.15, 0.2) is 0 Å². The maximum absolute atomic E-state index is 5.36. The molecule has 94 valence electrons. The molecular weight excluding hydrogens is 222 g/mol. The van der Waals surface area contributed by atoms with Gasteiger partial charge < -0.3 is 19.9 Å². The second-order valence-electron chi connectivity index (χ2n) is 4.43. The third-order valence-corrected chi connectivity index (χ3v) is 3.38. The summed E-state index contributed by atoms with van der Waals surface area (Å²) < 4.78 is 4.99. The zero-order chi connectivity index (χ0) is 12.0. The molecule has 1 fully saturated rings. The molecule has 1 aliphatic rings. The Morgan fingerprint density at radius 3 is 2.88 bits per heavy atom. The zero-order valence-electron chi connectivity index (χ0n) is 10.5. The van der Waals surface area contributed by atoms with Gasteiger partial charge in [-0.2, -0.15) is 0 Å². The molecule has 0 aromatic rings. The highest BCUT2D eigenvalue weighted by Crippen LogP contribution is 2.12. The van der Waals surface area contributed by atoms with Gasteiger partial charge in [-0.05, 0) is 39.2 Å². The van der Waals surface area contributed by atoms with Crippen LogP contribution in [0.1, 0.15) is 12.8 Å². The van der Waals surface area contributed by atoms with Crippen LogP contribution in [0.4, 0.5) is 0 Å². The molecule has 1 atom stereocenters. The summed E-state index contributed by atoms with van der Waals surface area (Å²) in [5.41, 5.74) is 0. The molecular formula is C11H23N3OS. The van der Waals surface area contributed by atoms with Crippen LogP contribution in [0.2, 0.25) is 0 Å². The van der Waals surface area contributed by atoms with Crippen molar-refractivity contribution in [2.45, 2.75) is 18.9 Å². The fourth-order valence-corrected chi connectivity index (χ4v) is 2.14. The highest BCUT2D eigenvalue weighted by molar-refractivity contribution is 7.80. The van der Waals surface area contributed by atoms with Gasteiger partial charge in [0, 0.05) is 39.4 Å². The van der Waals surface area contributed by atoms with Crippen LogP contribution in [0, 0.1) is 0 Å². The van der Waals surface area contributed by atoms with E-state index in [-0.39, 0.29) is 0 Å². The van der Waals surface area contributed by atoms with E-state index in [2.05, 4.69) is 29.2 Å². The number of hydrogen-bond donors (Lipinski definition) is 1. The number of ether oxygens (including phenoxy) is 1. The van der Waals surface area contributed by atoms with Crippen LogP contribution in [-0.2, 0) is 4.74 Å². The van der Waals surface area contributed by atoms with E-state index < -0.39 is 0 Å². The van der Waals surface area contributed by atoms with E-state index in [1.165, 1.54) is 6.42 Å². The molecule has 0 amide bonds. The standard InChI is InChI=1S/C11H23N3OS/c1-13(2)10-5-7-14(9-10)11(16)12-6-4-8-15-3/h10H,4-9H2,1-3H3,(H,12,16). The van der Waals surface area contributed by atoms with Gasteiger partial charge in [-0.3, -0.25) is 0 Å². The third kappa shape index (κ3) is 4.23. The summed E-state index contributed by atoms with van der Waals surface area (Å²) in [6.45, 7) is 3.80. The summed E-state index contributed by atoms with van der Waals surface area (Å²) in [5.74, 6) is 0. The van der Waals surface area contributed by atoms with Crippen LogP contribution >= 0.6 is 12.2 Å². The molecule has 5 heteroatoms. The molecule has 1 N–H and O–H groups in total. The quantitative estimate of drug-likeness (QED) is 0.563. The first-order chi connectivity index (χ1) is 7.65. The van der Waals surface area contributed by atoms with Gasteiger partial charge in [0.25, 0.3) is 0 Å². The van der Waals surface area contributed by atoms with E-state index in [1.54, 1.807) is 7.11 Å². The normalized spacial score (nSPS) is 20.5. The third-order valence-electron chi connectivity index (χ3n) is 2.98. The number of likely N-dealkylation sites (tertiary alicyclic amines) is 1. The van der Waals surface area contributed by atoms with Crippen molar-refractivity contribution in [1.82, 2.24) is 15.1 Å². The van der Waals surface area contributed by atoms with Crippen molar-refractivity contribution < 1.29 is 4.74 Å². The largest absolute Gasteiger partial charge is 0.385 e. The lowest BCUT2D eigenvalue weighted by Gasteiger charge is -2.22. The summed E-state index contributed by atoms with van der Waals surface area (Å²) in [5, 5.41) is 4.17. The van der Waals surface area contributed by atoms with Gasteiger partial charge in [0.15, 0.2) is 5.11 Å². The van der Waals surface area contributed by atoms with E-state index in [0.29, 0.717) is 6.04 Å². The van der Waals surface area contributed by atoms with Crippen LogP contribution in [0.25, 0.3) is 0 Å². The average molecular weight is 245 g/mol. The fourth-order valence-electron chi connectivity index (χ4n) is 1.87. The first-order valence-corrected chi connectivity index (χ1v) is 6.24. The Morgan fingerprint density at radius 1 is 1.56 bits per heavy atom. The van der Waals surface area contributed by atoms with Gasteiger partial charge in [0.2, 0.25) is 0 Å². The Balaban J connectivity index is 2.18. The Morgan fingerprint density at radius 2 is 2.31 bits per heavy atom. The van der Waals surface area contributed by atoms with Crippen molar-refractivity contribution in [3.8, 4) is 0 Å². The van der Waals surface area contributed by atoms with E-state index in [0.717, 1.165) is 37.8 Å². The molecule has 0 radical (unpaired) electrons. The van der Waals surface area contributed by atoms with Crippen LogP contribution in [0.3, 0.4) is 0 Å². The molecule has 1 unspecified atom stereocenters. The molecule has 1 heterocycles. The monoisotopic (exact) mass is 245 g/mol. The van der Waals surface area contributed by atoms with Gasteiger partial charge in [-0.15, -0.1) is 0 Å². The highest BCUT2D eigenvalue weighted by Gasteiger charge is 2.25. The minimum absolute atomic E-state index is 0.638. The smallest absolute Gasteiger partial charge is 0.168 e. The molecule has 1 aliphatic heterocycles. The van der Waals surface area contributed by atoms with Crippen molar-refractivity contribution in [2.24, 2.45) is 0 Å². The fraction of sp³-hybridized carbons (Fsp3) is 0.909. The molecule has 0 aromatic carbocycles. The second kappa shape index (κ2) is 7.04. The molecule has 0 saturated carbocycles. The van der Waals surface area contributed by atoms with E-state index in [9.17, 15) is 0 Å². The minimum Gasteiger partial charge on any atom is -0.385 e. The first-order valence-electron chi connectivity index (χ1n) is 5.83. The number of methoxy groups -OCH3 is 1. The molecule has 0 spiro atoms. The van der Waals surface area contributed by atoms with Crippen LogP contribution < -0.4 is 5.32 Å². The average Bonchev–Trinajstić information content (AvgIpc) is 2.73. The molecule has 16 heavy (non-hydrogen) atoms. The second-order valence-corrected chi connectivity index (χ2v) is 4.82. The van der Waals surface area contributed by atoms with Gasteiger partial charge in [-0.1, -0.05) is 0 Å². The van der Waals surface area contributed by atoms with Gasteiger partial charge >= 0.3 is 0 Å². The summed E-state index contributed by atoms with van der Waals surface area (Å²) in [7, 11) is 5.98. The Labute approximate surface area is 104 Å². The highest BCUT2D eigenvalue weighted by atomic mass is 32.1. The number of thiocarbonyl (C=S) groups is 1. The SMILES string of the molecule is COCCCNC(=S)N1CCC(N(C)C)C1. The Kier molecular flexibility index (Phi) is 6.01. The van der Waals surface area contributed by atoms with Gasteiger partial charge in [-0.25, -0.2) is 0 Å². The molecule has 0 bridgehead atoms. The number of hydrogen-bond acceptors (Lipinski definition) is 3. The lowest BCUT2D eigenvalue weighted by molar-refractivity contribution is 0.195. The van der Waals surface area contributed by atoms with Crippen molar-refractivity contribution in [3.05, 3.63) is 0 Å². The molecule has 0 aromatic heterocycles. The van der Waals surface area contributed by atoms with Crippen molar-refractivity contribution in [2.75, 3.05) is 47.4 Å². The maximum atomic E-state index is 5.36. The maximum Gasteiger partial charge on any atom is 0.168 e. The first kappa shape index (κ1) is 13.7. The lowest BCUT2D eigenvalue weighted by Crippen LogP contribution is -2.40. The van der Waals surface area contributed by atoms with E-state index in [4.69, 9.17) is 17.0 Å². The molecule has 1 saturated heterocycles. The van der Waals surface area contributed by atoms with Crippen LogP contribution in [-0.4, -0.2) is 68.4 Å². The lowest BCUT2D eigenvalue weighted by atomic mass is 10.2. The number of rotatable bonds is 5. The van der Waals surface area contributed by atoms with Gasteiger partial charge in [0.05, 0.1) is 0 Å². The summed E-state index contributed by atoms with van der Waals surface area (Å²) in [6.07, 6.45) is 2.20. The van der Waals surface area contributed by atoms with Crippen molar-refractivity contribution in [1.29, 1.82) is 0 Å². The van der Waals surface area contributed by atoms with Crippen LogP contribution in [0.5, 0.6) is 0 Å². The topological polar surface area (TPSA) is 27.7 Å². The number of nitrogens with zero attached hydrogens (tertiary/aromatic N) is 2. The van der Waals surface area contributed by atoms with Crippen molar-refractivity contribution >= 4 is 17.3 Å². The predicted molar refractivity (Wildman–Crippen MR) is 70.8 cm³/mol. The Bertz CT molecular complexity index is 223. The Hall–Kier alpha value is -0.390. The molecule has 4 nitrogen and oxygen atoms in total. The van der Waals surface area contributed by atoms with E-state index in [1.807, 2.05) is 0 Å². The van der Waals surface area contributed by atoms with Gasteiger partial charge in [0.1, 0.15) is 0 Å². The predicted octanol–water partition coefficient (Wildman–Crippen LogP) is 0.533. The summed E-state index contributed by atoms with van der Waals surface area (Å²) >= 11 is 5.36. The number of nitrogens with one attached hydrogen (secondary N) is 1. The summed E-state index contributed by atoms with van der Waals surface area (Å²) in [6, 6.07) is 0.638. The number of likely N-dealkylation sites (N-methyl/N-ethyl adjacent to an activating group) is 1. The minimum atomic E-state index is 0.638.